The van der Waals surface area contributed by atoms with Crippen LogP contribution in [0.2, 0.25) is 0 Å². The minimum atomic E-state index is -1.30. The summed E-state index contributed by atoms with van der Waals surface area (Å²) in [6.07, 6.45) is 2.61. The molecule has 0 spiro atoms. The molecular formula is C28H40O8. The third-order valence-electron chi connectivity index (χ3n) is 11.1. The molecule has 0 aromatic heterocycles. The van der Waals surface area contributed by atoms with Gasteiger partial charge in [0.2, 0.25) is 0 Å². The van der Waals surface area contributed by atoms with Crippen molar-refractivity contribution in [2.45, 2.75) is 97.3 Å². The Hall–Kier alpha value is -1.32. The molecule has 4 aliphatic carbocycles. The molecule has 2 aliphatic heterocycles. The Kier molecular flexibility index (Phi) is 5.61. The van der Waals surface area contributed by atoms with Gasteiger partial charge in [0.15, 0.2) is 12.6 Å². The Morgan fingerprint density at radius 1 is 1.17 bits per heavy atom. The maximum Gasteiger partial charge on any atom is 0.315 e. The number of hydrogen-bond acceptors (Lipinski definition) is 7. The molecule has 3 saturated carbocycles. The van der Waals surface area contributed by atoms with E-state index >= 15 is 0 Å². The Morgan fingerprint density at radius 2 is 1.89 bits per heavy atom. The molecule has 2 N–H and O–H groups in total. The van der Waals surface area contributed by atoms with E-state index in [0.717, 1.165) is 24.7 Å². The van der Waals surface area contributed by atoms with E-state index in [-0.39, 0.29) is 42.5 Å². The first-order valence-electron chi connectivity index (χ1n) is 13.7. The first kappa shape index (κ1) is 25.0. The zero-order chi connectivity index (χ0) is 25.8. The van der Waals surface area contributed by atoms with Crippen molar-refractivity contribution in [2.24, 2.45) is 45.8 Å². The molecule has 4 bridgehead atoms. The van der Waals surface area contributed by atoms with Gasteiger partial charge in [-0.3, -0.25) is 4.79 Å². The third kappa shape index (κ3) is 2.78. The third-order valence-corrected chi connectivity index (χ3v) is 11.1. The topological polar surface area (TPSA) is 112 Å². The summed E-state index contributed by atoms with van der Waals surface area (Å²) in [4.78, 5) is 26.7. The Morgan fingerprint density at radius 3 is 2.56 bits per heavy atom. The number of aldehydes is 1. The van der Waals surface area contributed by atoms with Crippen LogP contribution in [0.15, 0.2) is 11.6 Å². The number of carboxylic acid groups (broad SMARTS) is 1. The number of rotatable bonds is 6. The molecule has 5 fully saturated rings. The van der Waals surface area contributed by atoms with Gasteiger partial charge in [-0.05, 0) is 62.7 Å². The average Bonchev–Trinajstić information content (AvgIpc) is 3.53. The summed E-state index contributed by atoms with van der Waals surface area (Å²) in [5.41, 5.74) is -2.12. The van der Waals surface area contributed by atoms with Crippen LogP contribution in [0.4, 0.5) is 0 Å². The lowest BCUT2D eigenvalue weighted by Crippen LogP contribution is -2.64. The summed E-state index contributed by atoms with van der Waals surface area (Å²) in [5, 5.41) is 22.2. The number of aliphatic hydroxyl groups is 1. The summed E-state index contributed by atoms with van der Waals surface area (Å²) >= 11 is 0. The zero-order valence-corrected chi connectivity index (χ0v) is 21.9. The van der Waals surface area contributed by atoms with Gasteiger partial charge in [0.1, 0.15) is 30.0 Å². The maximum absolute atomic E-state index is 13.5. The molecule has 36 heavy (non-hydrogen) atoms. The van der Waals surface area contributed by atoms with Gasteiger partial charge in [-0.25, -0.2) is 0 Å². The van der Waals surface area contributed by atoms with Gasteiger partial charge in [0.25, 0.3) is 0 Å². The highest BCUT2D eigenvalue weighted by molar-refractivity contribution is 5.90. The fraction of sp³-hybridized carbons (Fsp3) is 0.857. The highest BCUT2D eigenvalue weighted by Gasteiger charge is 2.84. The van der Waals surface area contributed by atoms with E-state index in [1.807, 2.05) is 20.8 Å². The molecule has 2 saturated heterocycles. The molecule has 13 atom stereocenters. The van der Waals surface area contributed by atoms with Crippen molar-refractivity contribution in [3.63, 3.8) is 0 Å². The molecular weight excluding hydrogens is 464 g/mol. The van der Waals surface area contributed by atoms with E-state index in [1.54, 1.807) is 6.92 Å². The Labute approximate surface area is 212 Å². The lowest BCUT2D eigenvalue weighted by atomic mass is 9.43. The average molecular weight is 505 g/mol. The second-order valence-electron chi connectivity index (χ2n) is 12.8. The molecule has 8 nitrogen and oxygen atoms in total. The first-order valence-corrected chi connectivity index (χ1v) is 13.7. The summed E-state index contributed by atoms with van der Waals surface area (Å²) in [7, 11) is 0. The number of carbonyl (C=O) groups is 2. The predicted molar refractivity (Wildman–Crippen MR) is 128 cm³/mol. The van der Waals surface area contributed by atoms with Crippen molar-refractivity contribution in [3.8, 4) is 0 Å². The number of carbonyl (C=O) groups excluding carboxylic acids is 1. The van der Waals surface area contributed by atoms with E-state index in [4.69, 9.17) is 18.9 Å². The van der Waals surface area contributed by atoms with Crippen LogP contribution in [0.1, 0.15) is 60.3 Å². The van der Waals surface area contributed by atoms with Gasteiger partial charge in [-0.1, -0.05) is 38.8 Å². The lowest BCUT2D eigenvalue weighted by molar-refractivity contribution is -0.287. The number of carboxylic acids is 1. The fourth-order valence-corrected chi connectivity index (χ4v) is 9.81. The normalized spacial score (nSPS) is 54.9. The highest BCUT2D eigenvalue weighted by Crippen LogP contribution is 2.82. The molecule has 2 heterocycles. The smallest absolute Gasteiger partial charge is 0.315 e. The van der Waals surface area contributed by atoms with E-state index in [9.17, 15) is 19.8 Å². The summed E-state index contributed by atoms with van der Waals surface area (Å²) in [6, 6.07) is 0. The minimum Gasteiger partial charge on any atom is -0.481 e. The molecule has 200 valence electrons. The van der Waals surface area contributed by atoms with Crippen LogP contribution in [0.3, 0.4) is 0 Å². The fourth-order valence-electron chi connectivity index (χ4n) is 9.81. The van der Waals surface area contributed by atoms with Crippen molar-refractivity contribution in [1.82, 2.24) is 0 Å². The van der Waals surface area contributed by atoms with Crippen LogP contribution >= 0.6 is 0 Å². The number of allylic oxidation sites excluding steroid dienone is 1. The van der Waals surface area contributed by atoms with E-state index in [2.05, 4.69) is 13.0 Å². The van der Waals surface area contributed by atoms with Crippen LogP contribution in [0.25, 0.3) is 0 Å². The lowest BCUT2D eigenvalue weighted by Gasteiger charge is -2.58. The summed E-state index contributed by atoms with van der Waals surface area (Å²) < 4.78 is 24.0. The molecule has 0 aromatic rings. The van der Waals surface area contributed by atoms with Crippen LogP contribution in [0.5, 0.6) is 0 Å². The Bertz CT molecular complexity index is 979. The SMILES string of the molecule is CC1OC2C(O1)[C@H](O)[C@H](OCC13C[C@@H]4[C@H](C)CC[C@H]4C4(C=O)CC1C=C(C(C)C)C34C(=O)O)O[C@@H]2C. The Balaban J connectivity index is 1.40. The van der Waals surface area contributed by atoms with Gasteiger partial charge in [-0.15, -0.1) is 0 Å². The van der Waals surface area contributed by atoms with Gasteiger partial charge >= 0.3 is 5.97 Å². The van der Waals surface area contributed by atoms with E-state index < -0.39 is 47.0 Å². The van der Waals surface area contributed by atoms with Gasteiger partial charge in [-0.2, -0.15) is 0 Å². The molecule has 6 rings (SSSR count). The highest BCUT2D eigenvalue weighted by atomic mass is 16.8. The van der Waals surface area contributed by atoms with Gasteiger partial charge in [0, 0.05) is 5.41 Å². The van der Waals surface area contributed by atoms with Crippen molar-refractivity contribution in [3.05, 3.63) is 11.6 Å². The molecule has 0 aromatic carbocycles. The molecule has 0 radical (unpaired) electrons. The second-order valence-corrected chi connectivity index (χ2v) is 12.8. The first-order chi connectivity index (χ1) is 17.0. The summed E-state index contributed by atoms with van der Waals surface area (Å²) in [6.45, 7) is 10.1. The number of fused-ring (bicyclic) bond motifs is 3. The standard InChI is InChI=1S/C28H40O8/c1-13(2)20-8-17-9-26(11-29)19-7-6-14(3)18(19)10-27(17,28(20,26)25(31)32)12-33-24-21(30)23-22(15(4)34-24)35-16(5)36-23/h8,11,13-19,21-24,30H,6-7,9-10,12H2,1-5H3,(H,31,32)/t14-,15-,16?,17?,18-,19-,21+,22?,23?,24-,26?,27?,28?/m1/s1. The van der Waals surface area contributed by atoms with E-state index in [1.165, 1.54) is 0 Å². The van der Waals surface area contributed by atoms with Crippen LogP contribution < -0.4 is 0 Å². The summed E-state index contributed by atoms with van der Waals surface area (Å²) in [5.74, 6) is -0.179. The van der Waals surface area contributed by atoms with Crippen LogP contribution in [0, 0.1) is 45.8 Å². The molecule has 8 heteroatoms. The van der Waals surface area contributed by atoms with Gasteiger partial charge < -0.3 is 34.0 Å². The molecule has 7 unspecified atom stereocenters. The predicted octanol–water partition coefficient (Wildman–Crippen LogP) is 3.16. The number of ether oxygens (including phenoxy) is 4. The van der Waals surface area contributed by atoms with Crippen molar-refractivity contribution >= 4 is 12.3 Å². The van der Waals surface area contributed by atoms with Crippen molar-refractivity contribution in [2.75, 3.05) is 6.61 Å². The zero-order valence-electron chi connectivity index (χ0n) is 21.9. The number of hydrogen-bond donors (Lipinski definition) is 2. The van der Waals surface area contributed by atoms with Crippen LogP contribution in [-0.4, -0.2) is 66.1 Å². The van der Waals surface area contributed by atoms with E-state index in [0.29, 0.717) is 18.8 Å². The quantitative estimate of drug-likeness (QED) is 0.419. The molecule has 0 amide bonds. The van der Waals surface area contributed by atoms with Crippen molar-refractivity contribution in [1.29, 1.82) is 0 Å². The minimum absolute atomic E-state index is 0.00306. The van der Waals surface area contributed by atoms with Crippen LogP contribution in [-0.2, 0) is 28.5 Å². The second kappa shape index (κ2) is 8.09. The van der Waals surface area contributed by atoms with Gasteiger partial charge in [0.05, 0.1) is 18.1 Å². The molecule has 6 aliphatic rings. The largest absolute Gasteiger partial charge is 0.481 e. The van der Waals surface area contributed by atoms with Crippen molar-refractivity contribution < 1.29 is 38.7 Å². The number of aliphatic hydroxyl groups excluding tert-OH is 1. The maximum atomic E-state index is 13.5. The monoisotopic (exact) mass is 504 g/mol. The number of aliphatic carboxylic acids is 1.